The number of hydrogen-bond donors (Lipinski definition) is 1. The number of likely N-dealkylation sites (N-methyl/N-ethyl adjacent to an activating group) is 1. The number of nitrogens with zero attached hydrogens (tertiary/aromatic N) is 2. The molecule has 1 saturated heterocycles. The fourth-order valence-corrected chi connectivity index (χ4v) is 3.29. The van der Waals surface area contributed by atoms with E-state index >= 15 is 0 Å². The molecule has 2 unspecified atom stereocenters. The van der Waals surface area contributed by atoms with Gasteiger partial charge in [0, 0.05) is 47.8 Å². The molecule has 1 aliphatic rings. The Balaban J connectivity index is 2.22. The minimum atomic E-state index is 0.226. The van der Waals surface area contributed by atoms with Crippen LogP contribution in [0.1, 0.15) is 18.5 Å². The van der Waals surface area contributed by atoms with Gasteiger partial charge in [0.2, 0.25) is 0 Å². The predicted molar refractivity (Wildman–Crippen MR) is 84.6 cm³/mol. The van der Waals surface area contributed by atoms with Crippen molar-refractivity contribution >= 4 is 27.5 Å². The van der Waals surface area contributed by atoms with Gasteiger partial charge in [-0.05, 0) is 37.7 Å². The van der Waals surface area contributed by atoms with Crippen LogP contribution in [0.5, 0.6) is 0 Å². The van der Waals surface area contributed by atoms with E-state index in [0.717, 1.165) is 29.1 Å². The van der Waals surface area contributed by atoms with Crippen molar-refractivity contribution in [3.05, 3.63) is 33.3 Å². The third-order valence-corrected chi connectivity index (χ3v) is 4.93. The van der Waals surface area contributed by atoms with E-state index < -0.39 is 0 Å². The largest absolute Gasteiger partial charge is 0.329 e. The summed E-state index contributed by atoms with van der Waals surface area (Å²) in [6.45, 7) is 6.02. The molecule has 0 radical (unpaired) electrons. The molecule has 3 nitrogen and oxygen atoms in total. The molecular weight excluding hydrogens is 326 g/mol. The first-order chi connectivity index (χ1) is 9.02. The molecule has 0 aliphatic carbocycles. The Bertz CT molecular complexity index is 441. The lowest BCUT2D eigenvalue weighted by Gasteiger charge is -2.41. The van der Waals surface area contributed by atoms with Crippen molar-refractivity contribution in [1.82, 2.24) is 9.80 Å². The first kappa shape index (κ1) is 15.3. The van der Waals surface area contributed by atoms with Gasteiger partial charge in [-0.25, -0.2) is 0 Å². The van der Waals surface area contributed by atoms with Crippen LogP contribution < -0.4 is 5.73 Å². The smallest absolute Gasteiger partial charge is 0.0483 e. The molecule has 1 aromatic rings. The van der Waals surface area contributed by atoms with Crippen molar-refractivity contribution in [3.8, 4) is 0 Å². The van der Waals surface area contributed by atoms with Gasteiger partial charge in [-0.1, -0.05) is 27.5 Å². The highest BCUT2D eigenvalue weighted by Gasteiger charge is 2.27. The zero-order valence-electron chi connectivity index (χ0n) is 11.4. The molecular formula is C14H21BrClN3. The van der Waals surface area contributed by atoms with E-state index in [9.17, 15) is 0 Å². The van der Waals surface area contributed by atoms with Gasteiger partial charge < -0.3 is 10.6 Å². The highest BCUT2D eigenvalue weighted by atomic mass is 79.9. The van der Waals surface area contributed by atoms with Crippen LogP contribution in [-0.2, 0) is 0 Å². The van der Waals surface area contributed by atoms with Gasteiger partial charge >= 0.3 is 0 Å². The molecule has 1 aliphatic heterocycles. The minimum Gasteiger partial charge on any atom is -0.329 e. The maximum atomic E-state index is 6.12. The number of piperazine rings is 1. The van der Waals surface area contributed by atoms with Crippen molar-refractivity contribution in [2.24, 2.45) is 5.73 Å². The van der Waals surface area contributed by atoms with Crippen LogP contribution in [0.15, 0.2) is 22.7 Å². The van der Waals surface area contributed by atoms with E-state index in [1.807, 2.05) is 18.2 Å². The molecule has 2 rings (SSSR count). The van der Waals surface area contributed by atoms with Crippen LogP contribution in [0.2, 0.25) is 5.02 Å². The van der Waals surface area contributed by atoms with Gasteiger partial charge in [0.05, 0.1) is 0 Å². The fourth-order valence-electron chi connectivity index (χ4n) is 2.60. The topological polar surface area (TPSA) is 32.5 Å². The van der Waals surface area contributed by atoms with Gasteiger partial charge in [-0.2, -0.15) is 0 Å². The highest BCUT2D eigenvalue weighted by molar-refractivity contribution is 9.10. The number of hydrogen-bond acceptors (Lipinski definition) is 3. The van der Waals surface area contributed by atoms with Crippen molar-refractivity contribution in [2.75, 3.05) is 33.2 Å². The molecule has 0 saturated carbocycles. The van der Waals surface area contributed by atoms with Crippen molar-refractivity contribution in [3.63, 3.8) is 0 Å². The Labute approximate surface area is 128 Å². The lowest BCUT2D eigenvalue weighted by Crippen LogP contribution is -2.52. The van der Waals surface area contributed by atoms with Gasteiger partial charge in [0.15, 0.2) is 0 Å². The van der Waals surface area contributed by atoms with Gasteiger partial charge in [-0.15, -0.1) is 0 Å². The molecule has 0 amide bonds. The summed E-state index contributed by atoms with van der Waals surface area (Å²) >= 11 is 9.73. The van der Waals surface area contributed by atoms with Crippen LogP contribution >= 0.6 is 27.5 Å². The van der Waals surface area contributed by atoms with Crippen LogP contribution in [0, 0.1) is 0 Å². The van der Waals surface area contributed by atoms with Crippen LogP contribution in [0.3, 0.4) is 0 Å². The first-order valence-electron chi connectivity index (χ1n) is 6.62. The normalized spacial score (nSPS) is 23.5. The first-order valence-corrected chi connectivity index (χ1v) is 7.79. The van der Waals surface area contributed by atoms with Gasteiger partial charge in [-0.3, -0.25) is 4.90 Å². The summed E-state index contributed by atoms with van der Waals surface area (Å²) in [4.78, 5) is 4.85. The lowest BCUT2D eigenvalue weighted by molar-refractivity contribution is 0.0739. The van der Waals surface area contributed by atoms with E-state index in [2.05, 4.69) is 39.7 Å². The van der Waals surface area contributed by atoms with Crippen molar-refractivity contribution in [1.29, 1.82) is 0 Å². The van der Waals surface area contributed by atoms with E-state index in [0.29, 0.717) is 12.6 Å². The average Bonchev–Trinajstić information content (AvgIpc) is 2.38. The second kappa shape index (κ2) is 6.55. The molecule has 2 atom stereocenters. The third kappa shape index (κ3) is 3.50. The van der Waals surface area contributed by atoms with E-state index in [-0.39, 0.29) is 6.04 Å². The molecule has 1 fully saturated rings. The van der Waals surface area contributed by atoms with Crippen LogP contribution in [0.4, 0.5) is 0 Å². The zero-order chi connectivity index (χ0) is 14.0. The monoisotopic (exact) mass is 345 g/mol. The average molecular weight is 347 g/mol. The zero-order valence-corrected chi connectivity index (χ0v) is 13.8. The van der Waals surface area contributed by atoms with Crippen molar-refractivity contribution < 1.29 is 0 Å². The molecule has 0 bridgehead atoms. The molecule has 2 N–H and O–H groups in total. The molecule has 0 aromatic heterocycles. The second-order valence-corrected chi connectivity index (χ2v) is 6.53. The summed E-state index contributed by atoms with van der Waals surface area (Å²) in [5, 5.41) is 0.763. The van der Waals surface area contributed by atoms with E-state index in [4.69, 9.17) is 17.3 Å². The number of nitrogens with two attached hydrogens (primary N) is 1. The SMILES string of the molecule is CC1CN(C(CN)c2cc(Cl)ccc2Br)CCN1C. The maximum absolute atomic E-state index is 6.12. The summed E-state index contributed by atoms with van der Waals surface area (Å²) in [5.41, 5.74) is 7.20. The Morgan fingerprint density at radius 2 is 2.21 bits per heavy atom. The predicted octanol–water partition coefficient (Wildman–Crippen LogP) is 2.74. The van der Waals surface area contributed by atoms with Crippen molar-refractivity contribution in [2.45, 2.75) is 19.0 Å². The summed E-state index contributed by atoms with van der Waals surface area (Å²) < 4.78 is 1.08. The lowest BCUT2D eigenvalue weighted by atomic mass is 10.0. The van der Waals surface area contributed by atoms with E-state index in [1.165, 1.54) is 5.56 Å². The molecule has 106 valence electrons. The second-order valence-electron chi connectivity index (χ2n) is 5.24. The van der Waals surface area contributed by atoms with Gasteiger partial charge in [0.25, 0.3) is 0 Å². The quantitative estimate of drug-likeness (QED) is 0.913. The summed E-state index contributed by atoms with van der Waals surface area (Å²) in [6, 6.07) is 6.70. The Hall–Kier alpha value is -0.130. The Morgan fingerprint density at radius 1 is 1.47 bits per heavy atom. The number of rotatable bonds is 3. The third-order valence-electron chi connectivity index (χ3n) is 3.97. The Morgan fingerprint density at radius 3 is 2.84 bits per heavy atom. The van der Waals surface area contributed by atoms with Gasteiger partial charge in [0.1, 0.15) is 0 Å². The molecule has 5 heteroatoms. The molecule has 1 aromatic carbocycles. The summed E-state index contributed by atoms with van der Waals surface area (Å²) in [5.74, 6) is 0. The molecule has 19 heavy (non-hydrogen) atoms. The summed E-state index contributed by atoms with van der Waals surface area (Å²) in [7, 11) is 2.18. The Kier molecular flexibility index (Phi) is 5.26. The highest BCUT2D eigenvalue weighted by Crippen LogP contribution is 2.31. The van der Waals surface area contributed by atoms with Crippen LogP contribution in [0.25, 0.3) is 0 Å². The van der Waals surface area contributed by atoms with E-state index in [1.54, 1.807) is 0 Å². The number of benzene rings is 1. The standard InChI is InChI=1S/C14H21BrClN3/c1-10-9-19(6-5-18(10)2)14(8-17)12-7-11(16)3-4-13(12)15/h3-4,7,10,14H,5-6,8-9,17H2,1-2H3. The summed E-state index contributed by atoms with van der Waals surface area (Å²) in [6.07, 6.45) is 0. The van der Waals surface area contributed by atoms with Crippen LogP contribution in [-0.4, -0.2) is 49.1 Å². The molecule has 0 spiro atoms. The molecule has 1 heterocycles. The fraction of sp³-hybridized carbons (Fsp3) is 0.571. The maximum Gasteiger partial charge on any atom is 0.0483 e. The number of halogens is 2. The minimum absolute atomic E-state index is 0.226.